The number of amides is 3. The van der Waals surface area contributed by atoms with Crippen molar-refractivity contribution in [3.63, 3.8) is 0 Å². The normalized spacial score (nSPS) is 31.4. The topological polar surface area (TPSA) is 69.7 Å². The lowest BCUT2D eigenvalue weighted by atomic mass is 9.75. The van der Waals surface area contributed by atoms with Crippen LogP contribution in [0.5, 0.6) is 0 Å². The number of imide groups is 1. The van der Waals surface area contributed by atoms with Crippen molar-refractivity contribution in [1.29, 1.82) is 0 Å². The molecule has 0 aromatic heterocycles. The molecule has 0 aliphatic carbocycles. The van der Waals surface area contributed by atoms with E-state index >= 15 is 0 Å². The molecule has 4 aliphatic rings. The Kier molecular flexibility index (Phi) is 3.76. The molecule has 4 atom stereocenters. The van der Waals surface area contributed by atoms with Crippen molar-refractivity contribution in [2.75, 3.05) is 16.8 Å². The number of carbonyl (C=O) groups excluding carboxylic acids is 3. The summed E-state index contributed by atoms with van der Waals surface area (Å²) in [6, 6.07) is 8.97. The zero-order valence-corrected chi connectivity index (χ0v) is 17.4. The van der Waals surface area contributed by atoms with Gasteiger partial charge in [0, 0.05) is 22.3 Å². The van der Waals surface area contributed by atoms with Gasteiger partial charge in [-0.05, 0) is 62.2 Å². The molecule has 4 unspecified atom stereocenters. The molecular formula is C23H19ClFN3O3. The maximum Gasteiger partial charge on any atom is 0.250 e. The Hall–Kier alpha value is -2.77. The SMILES string of the molecule is Cc1ccc(Cl)cc1N1C(=O)C2C3CCCN3C3(C(=O)Nc4ccc(F)cc43)C2C1=O. The molecule has 6 nitrogen and oxygen atoms in total. The third-order valence-corrected chi connectivity index (χ3v) is 7.60. The monoisotopic (exact) mass is 439 g/mol. The van der Waals surface area contributed by atoms with Crippen molar-refractivity contribution in [1.82, 2.24) is 4.90 Å². The van der Waals surface area contributed by atoms with Crippen molar-refractivity contribution in [3.8, 4) is 0 Å². The number of aryl methyl sites for hydroxylation is 1. The Morgan fingerprint density at radius 3 is 2.74 bits per heavy atom. The highest BCUT2D eigenvalue weighted by Gasteiger charge is 2.74. The van der Waals surface area contributed by atoms with Gasteiger partial charge >= 0.3 is 0 Å². The minimum Gasteiger partial charge on any atom is -0.324 e. The summed E-state index contributed by atoms with van der Waals surface area (Å²) in [5.41, 5.74) is 0.746. The van der Waals surface area contributed by atoms with Crippen LogP contribution in [-0.4, -0.2) is 35.2 Å². The van der Waals surface area contributed by atoms with Crippen LogP contribution in [-0.2, 0) is 19.9 Å². The van der Waals surface area contributed by atoms with Crippen molar-refractivity contribution in [2.45, 2.75) is 31.3 Å². The van der Waals surface area contributed by atoms with E-state index in [9.17, 15) is 18.8 Å². The highest BCUT2D eigenvalue weighted by molar-refractivity contribution is 6.32. The van der Waals surface area contributed by atoms with Crippen molar-refractivity contribution in [2.24, 2.45) is 11.8 Å². The lowest BCUT2D eigenvalue weighted by Gasteiger charge is -2.36. The molecule has 158 valence electrons. The molecule has 0 radical (unpaired) electrons. The van der Waals surface area contributed by atoms with Gasteiger partial charge in [0.15, 0.2) is 0 Å². The van der Waals surface area contributed by atoms with Crippen LogP contribution in [0.2, 0.25) is 5.02 Å². The zero-order chi connectivity index (χ0) is 21.7. The van der Waals surface area contributed by atoms with Gasteiger partial charge in [-0.1, -0.05) is 17.7 Å². The Balaban J connectivity index is 1.58. The number of carbonyl (C=O) groups is 3. The first-order valence-electron chi connectivity index (χ1n) is 10.4. The van der Waals surface area contributed by atoms with Crippen LogP contribution in [0, 0.1) is 24.6 Å². The maximum atomic E-state index is 14.3. The molecule has 0 saturated carbocycles. The van der Waals surface area contributed by atoms with E-state index < -0.39 is 29.1 Å². The summed E-state index contributed by atoms with van der Waals surface area (Å²) in [6.07, 6.45) is 1.52. The number of nitrogens with one attached hydrogen (secondary N) is 1. The number of anilines is 2. The van der Waals surface area contributed by atoms with Gasteiger partial charge in [0.05, 0.1) is 17.5 Å². The first-order chi connectivity index (χ1) is 14.9. The fourth-order valence-electron chi connectivity index (χ4n) is 6.24. The minimum atomic E-state index is -1.38. The zero-order valence-electron chi connectivity index (χ0n) is 16.7. The highest BCUT2D eigenvalue weighted by atomic mass is 35.5. The predicted octanol–water partition coefficient (Wildman–Crippen LogP) is 3.22. The molecule has 2 aromatic rings. The van der Waals surface area contributed by atoms with Crippen LogP contribution in [0.15, 0.2) is 36.4 Å². The summed E-state index contributed by atoms with van der Waals surface area (Å²) < 4.78 is 14.3. The Bertz CT molecular complexity index is 1200. The Labute approximate surface area is 183 Å². The summed E-state index contributed by atoms with van der Waals surface area (Å²) in [5, 5.41) is 3.26. The van der Waals surface area contributed by atoms with Gasteiger partial charge in [0.2, 0.25) is 17.7 Å². The van der Waals surface area contributed by atoms with Crippen LogP contribution in [0.1, 0.15) is 24.0 Å². The van der Waals surface area contributed by atoms with E-state index in [2.05, 4.69) is 5.32 Å². The molecular weight excluding hydrogens is 421 g/mol. The number of rotatable bonds is 1. The molecule has 2 aromatic carbocycles. The third kappa shape index (κ3) is 2.18. The lowest BCUT2D eigenvalue weighted by Crippen LogP contribution is -2.54. The fraction of sp³-hybridized carbons (Fsp3) is 0.348. The molecule has 3 amide bonds. The number of fused-ring (bicyclic) bond motifs is 7. The molecule has 4 heterocycles. The highest BCUT2D eigenvalue weighted by Crippen LogP contribution is 2.60. The molecule has 1 spiro atoms. The summed E-state index contributed by atoms with van der Waals surface area (Å²) in [6.45, 7) is 2.39. The van der Waals surface area contributed by atoms with E-state index in [4.69, 9.17) is 11.6 Å². The standard InChI is InChI=1S/C23H19ClFN3O3/c1-11-4-5-12(24)9-17(11)28-20(29)18-16-3-2-8-27(16)23(19(18)21(28)30)14-10-13(25)6-7-15(14)26-22(23)31/h4-7,9-10,16,18-19H,2-3,8H2,1H3,(H,26,31). The summed E-state index contributed by atoms with van der Waals surface area (Å²) in [7, 11) is 0. The average Bonchev–Trinajstić information content (AvgIpc) is 3.43. The number of hydrogen-bond acceptors (Lipinski definition) is 4. The smallest absolute Gasteiger partial charge is 0.250 e. The molecule has 3 fully saturated rings. The number of hydrogen-bond donors (Lipinski definition) is 1. The van der Waals surface area contributed by atoms with Gasteiger partial charge < -0.3 is 5.32 Å². The Morgan fingerprint density at radius 2 is 1.94 bits per heavy atom. The van der Waals surface area contributed by atoms with Crippen molar-refractivity contribution < 1.29 is 18.8 Å². The number of benzene rings is 2. The maximum absolute atomic E-state index is 14.3. The molecule has 8 heteroatoms. The quantitative estimate of drug-likeness (QED) is 0.693. The Morgan fingerprint density at radius 1 is 1.13 bits per heavy atom. The van der Waals surface area contributed by atoms with E-state index in [1.54, 1.807) is 18.2 Å². The van der Waals surface area contributed by atoms with E-state index in [1.807, 2.05) is 11.8 Å². The van der Waals surface area contributed by atoms with Crippen LogP contribution in [0.3, 0.4) is 0 Å². The predicted molar refractivity (Wildman–Crippen MR) is 112 cm³/mol. The largest absolute Gasteiger partial charge is 0.324 e. The van der Waals surface area contributed by atoms with Gasteiger partial charge in [0.1, 0.15) is 11.4 Å². The first kappa shape index (κ1) is 19.0. The second kappa shape index (κ2) is 6.14. The van der Waals surface area contributed by atoms with Crippen LogP contribution in [0.4, 0.5) is 15.8 Å². The summed E-state index contributed by atoms with van der Waals surface area (Å²) in [5.74, 6) is -3.15. The van der Waals surface area contributed by atoms with Gasteiger partial charge in [-0.15, -0.1) is 0 Å². The first-order valence-corrected chi connectivity index (χ1v) is 10.8. The van der Waals surface area contributed by atoms with E-state index in [0.29, 0.717) is 34.9 Å². The van der Waals surface area contributed by atoms with Gasteiger partial charge in [-0.2, -0.15) is 0 Å². The van der Waals surface area contributed by atoms with Gasteiger partial charge in [-0.3, -0.25) is 19.3 Å². The van der Waals surface area contributed by atoms with Crippen molar-refractivity contribution >= 4 is 40.7 Å². The van der Waals surface area contributed by atoms with Gasteiger partial charge in [-0.25, -0.2) is 9.29 Å². The number of halogens is 2. The fourth-order valence-corrected chi connectivity index (χ4v) is 6.40. The van der Waals surface area contributed by atoms with Gasteiger partial charge in [0.25, 0.3) is 0 Å². The summed E-state index contributed by atoms with van der Waals surface area (Å²) in [4.78, 5) is 44.2. The average molecular weight is 440 g/mol. The third-order valence-electron chi connectivity index (χ3n) is 7.37. The molecule has 4 aliphatic heterocycles. The van der Waals surface area contributed by atoms with Crippen LogP contribution in [0.25, 0.3) is 0 Å². The second-order valence-corrected chi connectivity index (χ2v) is 9.20. The van der Waals surface area contributed by atoms with Crippen LogP contribution < -0.4 is 10.2 Å². The number of nitrogens with zero attached hydrogens (tertiary/aromatic N) is 2. The molecule has 0 bridgehead atoms. The van der Waals surface area contributed by atoms with E-state index in [1.165, 1.54) is 23.1 Å². The van der Waals surface area contributed by atoms with E-state index in [-0.39, 0.29) is 17.9 Å². The molecule has 3 saturated heterocycles. The van der Waals surface area contributed by atoms with Crippen LogP contribution >= 0.6 is 11.6 Å². The second-order valence-electron chi connectivity index (χ2n) is 8.76. The summed E-state index contributed by atoms with van der Waals surface area (Å²) >= 11 is 6.17. The molecule has 31 heavy (non-hydrogen) atoms. The lowest BCUT2D eigenvalue weighted by molar-refractivity contribution is -0.135. The van der Waals surface area contributed by atoms with E-state index in [0.717, 1.165) is 12.0 Å². The minimum absolute atomic E-state index is 0.245. The molecule has 6 rings (SSSR count). The van der Waals surface area contributed by atoms with Crippen molar-refractivity contribution in [3.05, 3.63) is 58.4 Å². The molecule has 1 N–H and O–H groups in total.